The molecule has 1 atom stereocenters. The zero-order chi connectivity index (χ0) is 17.3. The van der Waals surface area contributed by atoms with E-state index < -0.39 is 6.09 Å². The molecule has 1 aromatic heterocycles. The summed E-state index contributed by atoms with van der Waals surface area (Å²) in [6, 6.07) is 7.86. The van der Waals surface area contributed by atoms with Crippen LogP contribution in [0.5, 0.6) is 0 Å². The summed E-state index contributed by atoms with van der Waals surface area (Å²) in [5.41, 5.74) is 0.946. The minimum atomic E-state index is -0.407. The lowest BCUT2D eigenvalue weighted by atomic mass is 10.0. The first-order chi connectivity index (χ1) is 11.5. The Balaban J connectivity index is 1.65. The summed E-state index contributed by atoms with van der Waals surface area (Å²) in [5.74, 6) is 0.137. The van der Waals surface area contributed by atoms with E-state index in [2.05, 4.69) is 4.98 Å². The maximum Gasteiger partial charge on any atom is 0.410 e. The average Bonchev–Trinajstić information content (AvgIpc) is 3.10. The summed E-state index contributed by atoms with van der Waals surface area (Å²) in [6.07, 6.45) is -0.407. The number of hydrogen-bond donors (Lipinski definition) is 0. The summed E-state index contributed by atoms with van der Waals surface area (Å²) in [7, 11) is 1.74. The highest BCUT2D eigenvalue weighted by atomic mass is 32.1. The topological polar surface area (TPSA) is 62.7 Å². The second-order valence-corrected chi connectivity index (χ2v) is 7.46. The molecule has 2 aromatic rings. The molecule has 0 aliphatic carbocycles. The molecule has 7 heteroatoms. The van der Waals surface area contributed by atoms with Gasteiger partial charge in [-0.05, 0) is 18.1 Å². The number of likely N-dealkylation sites (N-methyl/N-ethyl adjacent to an activating group) is 1. The van der Waals surface area contributed by atoms with Gasteiger partial charge in [-0.3, -0.25) is 9.69 Å². The third-order valence-electron chi connectivity index (χ3n) is 4.22. The van der Waals surface area contributed by atoms with Gasteiger partial charge in [0.1, 0.15) is 18.2 Å². The van der Waals surface area contributed by atoms with Gasteiger partial charge in [0.25, 0.3) is 0 Å². The van der Waals surface area contributed by atoms with Crippen LogP contribution < -0.4 is 0 Å². The van der Waals surface area contributed by atoms with Crippen molar-refractivity contribution in [3.05, 3.63) is 29.3 Å². The second-order valence-electron chi connectivity index (χ2n) is 6.34. The molecule has 0 spiro atoms. The Morgan fingerprint density at radius 3 is 2.92 bits per heavy atom. The van der Waals surface area contributed by atoms with Crippen molar-refractivity contribution in [3.8, 4) is 0 Å². The Labute approximate surface area is 145 Å². The number of hydrogen-bond acceptors (Lipinski definition) is 5. The van der Waals surface area contributed by atoms with E-state index in [1.165, 1.54) is 4.90 Å². The fourth-order valence-electron chi connectivity index (χ4n) is 2.74. The zero-order valence-electron chi connectivity index (χ0n) is 14.1. The van der Waals surface area contributed by atoms with Crippen molar-refractivity contribution in [2.75, 3.05) is 20.2 Å². The molecule has 24 heavy (non-hydrogen) atoms. The lowest BCUT2D eigenvalue weighted by Crippen LogP contribution is -2.44. The Morgan fingerprint density at radius 2 is 2.21 bits per heavy atom. The van der Waals surface area contributed by atoms with E-state index in [0.717, 1.165) is 15.2 Å². The molecule has 1 aromatic carbocycles. The van der Waals surface area contributed by atoms with Gasteiger partial charge >= 0.3 is 6.09 Å². The molecule has 0 N–H and O–H groups in total. The fourth-order valence-corrected chi connectivity index (χ4v) is 3.77. The van der Waals surface area contributed by atoms with Crippen LogP contribution in [0.2, 0.25) is 0 Å². The maximum atomic E-state index is 12.5. The maximum absolute atomic E-state index is 12.5. The van der Waals surface area contributed by atoms with E-state index >= 15 is 0 Å². The number of thiazole rings is 1. The summed E-state index contributed by atoms with van der Waals surface area (Å²) >= 11 is 1.58. The summed E-state index contributed by atoms with van der Waals surface area (Å²) in [4.78, 5) is 32.0. The van der Waals surface area contributed by atoms with Crippen molar-refractivity contribution in [1.29, 1.82) is 0 Å². The summed E-state index contributed by atoms with van der Waals surface area (Å²) in [5, 5.41) is 0.886. The number of amides is 2. The van der Waals surface area contributed by atoms with Crippen molar-refractivity contribution in [1.82, 2.24) is 14.8 Å². The first-order valence-corrected chi connectivity index (χ1v) is 8.79. The number of para-hydroxylation sites is 1. The SMILES string of the molecule is CC(C)[C@H]1COC(=O)N1CC(=O)N(C)Cc1nc2ccccc2s1. The Bertz CT molecular complexity index is 725. The number of ether oxygens (including phenoxy) is 1. The molecule has 3 rings (SSSR count). The smallest absolute Gasteiger partial charge is 0.410 e. The van der Waals surface area contributed by atoms with E-state index in [9.17, 15) is 9.59 Å². The number of carbonyl (C=O) groups is 2. The summed E-state index contributed by atoms with van der Waals surface area (Å²) < 4.78 is 6.19. The van der Waals surface area contributed by atoms with Crippen molar-refractivity contribution in [3.63, 3.8) is 0 Å². The van der Waals surface area contributed by atoms with E-state index in [4.69, 9.17) is 4.74 Å². The summed E-state index contributed by atoms with van der Waals surface area (Å²) in [6.45, 7) is 4.88. The predicted octanol–water partition coefficient (Wildman–Crippen LogP) is 2.73. The van der Waals surface area contributed by atoms with E-state index in [1.807, 2.05) is 38.1 Å². The molecule has 1 aliphatic heterocycles. The molecular weight excluding hydrogens is 326 g/mol. The van der Waals surface area contributed by atoms with Crippen LogP contribution in [-0.4, -0.2) is 53.0 Å². The first kappa shape index (κ1) is 16.7. The van der Waals surface area contributed by atoms with Gasteiger partial charge in [-0.1, -0.05) is 26.0 Å². The highest BCUT2D eigenvalue weighted by Gasteiger charge is 2.36. The molecule has 1 saturated heterocycles. The monoisotopic (exact) mass is 347 g/mol. The van der Waals surface area contributed by atoms with Crippen molar-refractivity contribution in [2.24, 2.45) is 5.92 Å². The van der Waals surface area contributed by atoms with E-state index in [-0.39, 0.29) is 24.4 Å². The minimum absolute atomic E-state index is 0.0442. The molecule has 0 saturated carbocycles. The predicted molar refractivity (Wildman–Crippen MR) is 92.8 cm³/mol. The molecule has 2 heterocycles. The third-order valence-corrected chi connectivity index (χ3v) is 5.25. The van der Waals surface area contributed by atoms with Crippen LogP contribution in [0.1, 0.15) is 18.9 Å². The van der Waals surface area contributed by atoms with Gasteiger partial charge in [0.15, 0.2) is 0 Å². The number of rotatable bonds is 5. The van der Waals surface area contributed by atoms with Crippen molar-refractivity contribution >= 4 is 33.6 Å². The van der Waals surface area contributed by atoms with Crippen molar-refractivity contribution in [2.45, 2.75) is 26.4 Å². The van der Waals surface area contributed by atoms with Gasteiger partial charge in [0.2, 0.25) is 5.91 Å². The van der Waals surface area contributed by atoms with Gasteiger partial charge in [0, 0.05) is 7.05 Å². The van der Waals surface area contributed by atoms with Crippen LogP contribution in [0.3, 0.4) is 0 Å². The standard InChI is InChI=1S/C17H21N3O3S/c1-11(2)13-10-23-17(22)20(13)9-16(21)19(3)8-15-18-12-6-4-5-7-14(12)24-15/h4-7,11,13H,8-10H2,1-3H3/t13-/m1/s1. The van der Waals surface area contributed by atoms with Gasteiger partial charge in [-0.25, -0.2) is 9.78 Å². The molecule has 0 unspecified atom stereocenters. The molecule has 0 radical (unpaired) electrons. The number of nitrogens with zero attached hydrogens (tertiary/aromatic N) is 3. The molecule has 1 fully saturated rings. The zero-order valence-corrected chi connectivity index (χ0v) is 14.9. The second kappa shape index (κ2) is 6.76. The van der Waals surface area contributed by atoms with Crippen LogP contribution in [0.25, 0.3) is 10.2 Å². The van der Waals surface area contributed by atoms with Gasteiger partial charge in [-0.2, -0.15) is 0 Å². The van der Waals surface area contributed by atoms with Crippen LogP contribution >= 0.6 is 11.3 Å². The Morgan fingerprint density at radius 1 is 1.46 bits per heavy atom. The quantitative estimate of drug-likeness (QED) is 0.834. The molecule has 6 nitrogen and oxygen atoms in total. The minimum Gasteiger partial charge on any atom is -0.447 e. The molecule has 2 amide bonds. The molecular formula is C17H21N3O3S. The fraction of sp³-hybridized carbons (Fsp3) is 0.471. The van der Waals surface area contributed by atoms with Gasteiger partial charge < -0.3 is 9.64 Å². The number of carbonyl (C=O) groups excluding carboxylic acids is 2. The number of benzene rings is 1. The highest BCUT2D eigenvalue weighted by Crippen LogP contribution is 2.23. The lowest BCUT2D eigenvalue weighted by molar-refractivity contribution is -0.131. The van der Waals surface area contributed by atoms with E-state index in [1.54, 1.807) is 23.3 Å². The normalized spacial score (nSPS) is 17.6. The number of cyclic esters (lactones) is 1. The first-order valence-electron chi connectivity index (χ1n) is 7.97. The van der Waals surface area contributed by atoms with Crippen molar-refractivity contribution < 1.29 is 14.3 Å². The van der Waals surface area contributed by atoms with Crippen LogP contribution in [0.4, 0.5) is 4.79 Å². The van der Waals surface area contributed by atoms with E-state index in [0.29, 0.717) is 13.2 Å². The number of fused-ring (bicyclic) bond motifs is 1. The Kier molecular flexibility index (Phi) is 4.71. The molecule has 0 bridgehead atoms. The largest absolute Gasteiger partial charge is 0.447 e. The van der Waals surface area contributed by atoms with Crippen LogP contribution in [0.15, 0.2) is 24.3 Å². The molecule has 1 aliphatic rings. The number of aromatic nitrogens is 1. The van der Waals surface area contributed by atoms with Gasteiger partial charge in [-0.15, -0.1) is 11.3 Å². The lowest BCUT2D eigenvalue weighted by Gasteiger charge is -2.25. The van der Waals surface area contributed by atoms with Crippen LogP contribution in [-0.2, 0) is 16.1 Å². The Hall–Kier alpha value is -2.15. The highest BCUT2D eigenvalue weighted by molar-refractivity contribution is 7.18. The average molecular weight is 347 g/mol. The van der Waals surface area contributed by atoms with Gasteiger partial charge in [0.05, 0.1) is 22.8 Å². The van der Waals surface area contributed by atoms with Crippen LogP contribution in [0, 0.1) is 5.92 Å². The molecule has 128 valence electrons. The third kappa shape index (κ3) is 3.36.